The number of hydrogen-bond acceptors (Lipinski definition) is 9. The Hall–Kier alpha value is -2.56. The van der Waals surface area contributed by atoms with Crippen molar-refractivity contribution in [3.63, 3.8) is 0 Å². The SMILES string of the molecule is CCOC(=O)c1nnn(CC(=O)Nc2nnc(C)s2)c1N. The van der Waals surface area contributed by atoms with Crippen molar-refractivity contribution < 1.29 is 14.3 Å². The van der Waals surface area contributed by atoms with E-state index in [1.54, 1.807) is 13.8 Å². The molecule has 0 atom stereocenters. The molecule has 0 aliphatic heterocycles. The average Bonchev–Trinajstić information content (AvgIpc) is 2.97. The van der Waals surface area contributed by atoms with Gasteiger partial charge in [-0.3, -0.25) is 10.1 Å². The van der Waals surface area contributed by atoms with Gasteiger partial charge in [0, 0.05) is 0 Å². The Labute approximate surface area is 123 Å². The second-order valence-electron chi connectivity index (χ2n) is 3.88. The lowest BCUT2D eigenvalue weighted by Crippen LogP contribution is -2.21. The maximum Gasteiger partial charge on any atom is 0.362 e. The number of nitrogens with one attached hydrogen (secondary N) is 1. The van der Waals surface area contributed by atoms with Crippen LogP contribution in [0.1, 0.15) is 22.4 Å². The van der Waals surface area contributed by atoms with Gasteiger partial charge in [0.05, 0.1) is 6.61 Å². The number of hydrogen-bond donors (Lipinski definition) is 2. The zero-order chi connectivity index (χ0) is 15.4. The zero-order valence-corrected chi connectivity index (χ0v) is 12.2. The van der Waals surface area contributed by atoms with Gasteiger partial charge in [0.2, 0.25) is 16.7 Å². The molecule has 1 amide bonds. The fourth-order valence-electron chi connectivity index (χ4n) is 1.42. The Morgan fingerprint density at radius 3 is 2.76 bits per heavy atom. The van der Waals surface area contributed by atoms with E-state index in [1.807, 2.05) is 0 Å². The molecular weight excluding hydrogens is 298 g/mol. The minimum Gasteiger partial charge on any atom is -0.461 e. The molecule has 0 aliphatic rings. The molecule has 0 saturated carbocycles. The molecular formula is C10H13N7O3S. The molecule has 112 valence electrons. The number of anilines is 2. The van der Waals surface area contributed by atoms with Crippen LogP contribution < -0.4 is 11.1 Å². The van der Waals surface area contributed by atoms with Crippen LogP contribution in [0.2, 0.25) is 0 Å². The smallest absolute Gasteiger partial charge is 0.362 e. The van der Waals surface area contributed by atoms with E-state index in [9.17, 15) is 9.59 Å². The summed E-state index contributed by atoms with van der Waals surface area (Å²) in [6.07, 6.45) is 0. The largest absolute Gasteiger partial charge is 0.461 e. The highest BCUT2D eigenvalue weighted by Gasteiger charge is 2.20. The molecule has 0 aliphatic carbocycles. The summed E-state index contributed by atoms with van der Waals surface area (Å²) in [5.41, 5.74) is 5.60. The second kappa shape index (κ2) is 6.26. The van der Waals surface area contributed by atoms with Crippen molar-refractivity contribution in [3.05, 3.63) is 10.7 Å². The fourth-order valence-corrected chi connectivity index (χ4v) is 2.03. The summed E-state index contributed by atoms with van der Waals surface area (Å²) in [7, 11) is 0. The Balaban J connectivity index is 2.03. The molecule has 21 heavy (non-hydrogen) atoms. The van der Waals surface area contributed by atoms with E-state index in [1.165, 1.54) is 11.3 Å². The lowest BCUT2D eigenvalue weighted by atomic mass is 10.4. The summed E-state index contributed by atoms with van der Waals surface area (Å²) in [6.45, 7) is 3.43. The third-order valence-corrected chi connectivity index (χ3v) is 3.06. The molecule has 2 heterocycles. The van der Waals surface area contributed by atoms with Gasteiger partial charge in [-0.15, -0.1) is 15.3 Å². The highest BCUT2D eigenvalue weighted by molar-refractivity contribution is 7.15. The van der Waals surface area contributed by atoms with E-state index in [2.05, 4.69) is 25.8 Å². The van der Waals surface area contributed by atoms with Crippen molar-refractivity contribution in [1.29, 1.82) is 0 Å². The molecule has 0 aromatic carbocycles. The van der Waals surface area contributed by atoms with Crippen molar-refractivity contribution >= 4 is 34.2 Å². The van der Waals surface area contributed by atoms with Gasteiger partial charge in [0.1, 0.15) is 11.6 Å². The normalized spacial score (nSPS) is 10.4. The third kappa shape index (κ3) is 3.51. The molecule has 2 rings (SSSR count). The van der Waals surface area contributed by atoms with E-state index in [0.29, 0.717) is 5.13 Å². The van der Waals surface area contributed by atoms with Crippen LogP contribution in [-0.2, 0) is 16.1 Å². The van der Waals surface area contributed by atoms with Crippen LogP contribution in [0.25, 0.3) is 0 Å². The van der Waals surface area contributed by atoms with Crippen molar-refractivity contribution in [2.24, 2.45) is 0 Å². The van der Waals surface area contributed by atoms with Crippen LogP contribution in [0.5, 0.6) is 0 Å². The van der Waals surface area contributed by atoms with Gasteiger partial charge in [0.25, 0.3) is 0 Å². The maximum absolute atomic E-state index is 11.8. The summed E-state index contributed by atoms with van der Waals surface area (Å²) < 4.78 is 5.88. The number of nitrogens with zero attached hydrogens (tertiary/aromatic N) is 5. The molecule has 2 aromatic heterocycles. The molecule has 11 heteroatoms. The van der Waals surface area contributed by atoms with Gasteiger partial charge in [0.15, 0.2) is 5.82 Å². The summed E-state index contributed by atoms with van der Waals surface area (Å²) in [5, 5.41) is 18.5. The van der Waals surface area contributed by atoms with Crippen LogP contribution in [0, 0.1) is 6.92 Å². The van der Waals surface area contributed by atoms with Crippen LogP contribution in [-0.4, -0.2) is 43.7 Å². The predicted molar refractivity (Wildman–Crippen MR) is 73.7 cm³/mol. The number of aromatic nitrogens is 5. The zero-order valence-electron chi connectivity index (χ0n) is 11.4. The fraction of sp³-hybridized carbons (Fsp3) is 0.400. The first kappa shape index (κ1) is 14.8. The summed E-state index contributed by atoms with van der Waals surface area (Å²) >= 11 is 1.24. The number of carbonyl (C=O) groups is 2. The first-order valence-corrected chi connectivity index (χ1v) is 6.79. The van der Waals surface area contributed by atoms with Gasteiger partial charge < -0.3 is 10.5 Å². The average molecular weight is 311 g/mol. The van der Waals surface area contributed by atoms with Gasteiger partial charge in [-0.2, -0.15) is 0 Å². The van der Waals surface area contributed by atoms with E-state index in [0.717, 1.165) is 9.69 Å². The predicted octanol–water partition coefficient (Wildman–Crippen LogP) is -0.164. The molecule has 0 fully saturated rings. The number of carbonyl (C=O) groups excluding carboxylic acids is 2. The number of esters is 1. The summed E-state index contributed by atoms with van der Waals surface area (Å²) in [6, 6.07) is 0. The molecule has 0 radical (unpaired) electrons. The van der Waals surface area contributed by atoms with Gasteiger partial charge in [-0.05, 0) is 13.8 Å². The van der Waals surface area contributed by atoms with Crippen molar-refractivity contribution in [1.82, 2.24) is 25.2 Å². The molecule has 10 nitrogen and oxygen atoms in total. The standard InChI is InChI=1S/C10H13N7O3S/c1-3-20-9(19)7-8(11)17(16-14-7)4-6(18)12-10-15-13-5(2)21-10/h3-4,11H2,1-2H3,(H,12,15,18). The monoisotopic (exact) mass is 311 g/mol. The Kier molecular flexibility index (Phi) is 4.42. The van der Waals surface area contributed by atoms with Crippen LogP contribution in [0.4, 0.5) is 10.9 Å². The highest BCUT2D eigenvalue weighted by atomic mass is 32.1. The van der Waals surface area contributed by atoms with Crippen LogP contribution >= 0.6 is 11.3 Å². The molecule has 0 saturated heterocycles. The van der Waals surface area contributed by atoms with Crippen LogP contribution in [0.3, 0.4) is 0 Å². The van der Waals surface area contributed by atoms with Crippen molar-refractivity contribution in [2.75, 3.05) is 17.7 Å². The summed E-state index contributed by atoms with van der Waals surface area (Å²) in [4.78, 5) is 23.3. The number of amides is 1. The minimum atomic E-state index is -0.679. The van der Waals surface area contributed by atoms with Crippen molar-refractivity contribution in [2.45, 2.75) is 20.4 Å². The van der Waals surface area contributed by atoms with Gasteiger partial charge in [-0.25, -0.2) is 9.48 Å². The van der Waals surface area contributed by atoms with E-state index in [-0.39, 0.29) is 24.7 Å². The van der Waals surface area contributed by atoms with E-state index < -0.39 is 11.9 Å². The highest BCUT2D eigenvalue weighted by Crippen LogP contribution is 2.14. The number of nitrogen functional groups attached to an aromatic ring is 1. The third-order valence-electron chi connectivity index (χ3n) is 2.31. The molecule has 0 unspecified atom stereocenters. The minimum absolute atomic E-state index is 0.0305. The van der Waals surface area contributed by atoms with Crippen molar-refractivity contribution in [3.8, 4) is 0 Å². The Morgan fingerprint density at radius 1 is 1.38 bits per heavy atom. The number of nitrogens with two attached hydrogens (primary N) is 1. The lowest BCUT2D eigenvalue weighted by molar-refractivity contribution is -0.116. The van der Waals surface area contributed by atoms with Gasteiger partial charge in [-0.1, -0.05) is 16.6 Å². The van der Waals surface area contributed by atoms with Crippen LogP contribution in [0.15, 0.2) is 0 Å². The van der Waals surface area contributed by atoms with Gasteiger partial charge >= 0.3 is 5.97 Å². The topological polar surface area (TPSA) is 138 Å². The second-order valence-corrected chi connectivity index (χ2v) is 5.06. The number of aryl methyl sites for hydroxylation is 1. The number of rotatable bonds is 5. The first-order chi connectivity index (χ1) is 10.0. The Morgan fingerprint density at radius 2 is 2.14 bits per heavy atom. The van der Waals surface area contributed by atoms with E-state index in [4.69, 9.17) is 10.5 Å². The molecule has 0 spiro atoms. The maximum atomic E-state index is 11.8. The summed E-state index contributed by atoms with van der Waals surface area (Å²) in [5.74, 6) is -1.11. The quantitative estimate of drug-likeness (QED) is 0.726. The van der Waals surface area contributed by atoms with E-state index >= 15 is 0 Å². The molecule has 2 aromatic rings. The number of ether oxygens (including phenoxy) is 1. The molecule has 0 bridgehead atoms. The lowest BCUT2D eigenvalue weighted by Gasteiger charge is -2.03. The molecule has 3 N–H and O–H groups in total. The Bertz CT molecular complexity index is 665. The first-order valence-electron chi connectivity index (χ1n) is 5.97.